The lowest BCUT2D eigenvalue weighted by atomic mass is 10.1. The molecule has 0 radical (unpaired) electrons. The van der Waals surface area contributed by atoms with Crippen LogP contribution >= 0.6 is 23.2 Å². The first kappa shape index (κ1) is 16.9. The Bertz CT molecular complexity index is 571. The average molecular weight is 343 g/mol. The number of nitrogens with zero attached hydrogens (tertiary/aromatic N) is 2. The quantitative estimate of drug-likeness (QED) is 0.652. The molecular weight excluding hydrogens is 323 g/mol. The number of halogens is 2. The highest BCUT2D eigenvalue weighted by molar-refractivity contribution is 6.35. The van der Waals surface area contributed by atoms with Crippen molar-refractivity contribution in [2.75, 3.05) is 19.6 Å². The van der Waals surface area contributed by atoms with Crippen molar-refractivity contribution in [1.82, 2.24) is 10.2 Å². The van der Waals surface area contributed by atoms with Crippen LogP contribution in [0, 0.1) is 0 Å². The maximum atomic E-state index is 11.9. The lowest BCUT2D eigenvalue weighted by Crippen LogP contribution is -2.36. The largest absolute Gasteiger partial charge is 0.370 e. The van der Waals surface area contributed by atoms with Crippen LogP contribution < -0.4 is 11.1 Å². The zero-order chi connectivity index (χ0) is 16.1. The molecule has 1 heterocycles. The normalized spacial score (nSPS) is 16.7. The Kier molecular flexibility index (Phi) is 5.91. The van der Waals surface area contributed by atoms with Crippen LogP contribution in [0.4, 0.5) is 0 Å². The van der Waals surface area contributed by atoms with Gasteiger partial charge in [0, 0.05) is 23.1 Å². The zero-order valence-electron chi connectivity index (χ0n) is 12.5. The third-order valence-corrected chi connectivity index (χ3v) is 4.20. The average Bonchev–Trinajstić information content (AvgIpc) is 2.98. The van der Waals surface area contributed by atoms with Gasteiger partial charge in [0.2, 0.25) is 5.91 Å². The second-order valence-corrected chi connectivity index (χ2v) is 6.16. The standard InChI is InChI=1S/C15H20Cl2N4O/c1-10(12-5-4-11(16)8-13(12)17)20-15(18)19-9-14(22)21-6-2-3-7-21/h4-5,8,10H,2-3,6-7,9H2,1H3,(H3,18,19,20). The maximum absolute atomic E-state index is 11.9. The number of rotatable bonds is 4. The van der Waals surface area contributed by atoms with Gasteiger partial charge in [0.1, 0.15) is 6.54 Å². The molecule has 1 aromatic rings. The van der Waals surface area contributed by atoms with Crippen LogP contribution in [0.15, 0.2) is 23.2 Å². The summed E-state index contributed by atoms with van der Waals surface area (Å²) in [6, 6.07) is 5.16. The van der Waals surface area contributed by atoms with Crippen LogP contribution in [0.3, 0.4) is 0 Å². The van der Waals surface area contributed by atoms with Crippen LogP contribution in [0.5, 0.6) is 0 Å². The summed E-state index contributed by atoms with van der Waals surface area (Å²) < 4.78 is 0. The number of nitrogens with one attached hydrogen (secondary N) is 1. The van der Waals surface area contributed by atoms with Gasteiger partial charge < -0.3 is 16.0 Å². The first-order valence-corrected chi connectivity index (χ1v) is 8.02. The van der Waals surface area contributed by atoms with Crippen LogP contribution in [0.1, 0.15) is 31.4 Å². The highest BCUT2D eigenvalue weighted by Crippen LogP contribution is 2.25. The van der Waals surface area contributed by atoms with Crippen molar-refractivity contribution in [1.29, 1.82) is 0 Å². The van der Waals surface area contributed by atoms with Gasteiger partial charge in [0.05, 0.1) is 6.04 Å². The minimum Gasteiger partial charge on any atom is -0.370 e. The molecule has 0 bridgehead atoms. The van der Waals surface area contributed by atoms with E-state index in [4.69, 9.17) is 28.9 Å². The molecule has 7 heteroatoms. The molecule has 1 aliphatic rings. The lowest BCUT2D eigenvalue weighted by Gasteiger charge is -2.17. The van der Waals surface area contributed by atoms with Crippen LogP contribution in [0.2, 0.25) is 10.0 Å². The van der Waals surface area contributed by atoms with Crippen molar-refractivity contribution in [3.05, 3.63) is 33.8 Å². The van der Waals surface area contributed by atoms with E-state index in [1.807, 2.05) is 17.9 Å². The zero-order valence-corrected chi connectivity index (χ0v) is 14.0. The van der Waals surface area contributed by atoms with E-state index in [0.29, 0.717) is 10.0 Å². The molecule has 120 valence electrons. The fraction of sp³-hybridized carbons (Fsp3) is 0.467. The SMILES string of the molecule is CC(NC(N)=NCC(=O)N1CCCC1)c1ccc(Cl)cc1Cl. The van der Waals surface area contributed by atoms with Gasteiger partial charge >= 0.3 is 0 Å². The number of aliphatic imine (C=N–C) groups is 1. The second-order valence-electron chi connectivity index (χ2n) is 5.32. The van der Waals surface area contributed by atoms with Gasteiger partial charge in [-0.05, 0) is 37.5 Å². The van der Waals surface area contributed by atoms with Gasteiger partial charge in [-0.1, -0.05) is 29.3 Å². The summed E-state index contributed by atoms with van der Waals surface area (Å²) in [5.41, 5.74) is 6.71. The molecule has 22 heavy (non-hydrogen) atoms. The van der Waals surface area contributed by atoms with Crippen molar-refractivity contribution < 1.29 is 4.79 Å². The summed E-state index contributed by atoms with van der Waals surface area (Å²) in [5.74, 6) is 0.241. The third-order valence-electron chi connectivity index (χ3n) is 3.64. The van der Waals surface area contributed by atoms with E-state index < -0.39 is 0 Å². The minimum absolute atomic E-state index is 0.0134. The molecule has 1 aromatic carbocycles. The number of likely N-dealkylation sites (tertiary alicyclic amines) is 1. The molecule has 2 rings (SSSR count). The summed E-state index contributed by atoms with van der Waals surface area (Å²) in [7, 11) is 0. The summed E-state index contributed by atoms with van der Waals surface area (Å²) in [6.45, 7) is 3.62. The number of carbonyl (C=O) groups is 1. The Morgan fingerprint density at radius 2 is 2.09 bits per heavy atom. The Balaban J connectivity index is 1.91. The summed E-state index contributed by atoms with van der Waals surface area (Å²) in [5, 5.41) is 4.18. The molecule has 1 aliphatic heterocycles. The van der Waals surface area contributed by atoms with E-state index in [9.17, 15) is 4.79 Å². The smallest absolute Gasteiger partial charge is 0.244 e. The molecule has 0 aromatic heterocycles. The van der Waals surface area contributed by atoms with Gasteiger partial charge in [-0.15, -0.1) is 0 Å². The van der Waals surface area contributed by atoms with Gasteiger partial charge in [-0.3, -0.25) is 4.79 Å². The molecule has 0 spiro atoms. The van der Waals surface area contributed by atoms with Crippen molar-refractivity contribution in [2.45, 2.75) is 25.8 Å². The molecule has 0 saturated carbocycles. The maximum Gasteiger partial charge on any atom is 0.244 e. The van der Waals surface area contributed by atoms with E-state index in [-0.39, 0.29) is 24.5 Å². The van der Waals surface area contributed by atoms with Gasteiger partial charge in [0.15, 0.2) is 5.96 Å². The minimum atomic E-state index is -0.129. The number of nitrogens with two attached hydrogens (primary N) is 1. The van der Waals surface area contributed by atoms with Crippen molar-refractivity contribution in [3.8, 4) is 0 Å². The molecule has 0 aliphatic carbocycles. The number of hydrogen-bond donors (Lipinski definition) is 2. The number of amides is 1. The van der Waals surface area contributed by atoms with E-state index >= 15 is 0 Å². The number of hydrogen-bond acceptors (Lipinski definition) is 2. The van der Waals surface area contributed by atoms with E-state index in [0.717, 1.165) is 31.5 Å². The van der Waals surface area contributed by atoms with Gasteiger partial charge in [-0.2, -0.15) is 0 Å². The Hall–Kier alpha value is -1.46. The molecule has 3 N–H and O–H groups in total. The fourth-order valence-corrected chi connectivity index (χ4v) is 2.99. The second kappa shape index (κ2) is 7.70. The third kappa shape index (κ3) is 4.52. The van der Waals surface area contributed by atoms with Crippen LogP contribution in [-0.2, 0) is 4.79 Å². The molecular formula is C15H20Cl2N4O. The Morgan fingerprint density at radius 3 is 2.73 bits per heavy atom. The Morgan fingerprint density at radius 1 is 1.41 bits per heavy atom. The first-order chi connectivity index (χ1) is 10.5. The van der Waals surface area contributed by atoms with Crippen molar-refractivity contribution in [2.24, 2.45) is 10.7 Å². The Labute approximate surface area is 140 Å². The first-order valence-electron chi connectivity index (χ1n) is 7.26. The molecule has 1 fully saturated rings. The predicted octanol–water partition coefficient (Wildman–Crippen LogP) is 2.58. The highest BCUT2D eigenvalue weighted by atomic mass is 35.5. The summed E-state index contributed by atoms with van der Waals surface area (Å²) in [4.78, 5) is 17.8. The van der Waals surface area contributed by atoms with Gasteiger partial charge in [0.25, 0.3) is 0 Å². The van der Waals surface area contributed by atoms with Crippen LogP contribution in [-0.4, -0.2) is 36.4 Å². The number of guanidine groups is 1. The van der Waals surface area contributed by atoms with E-state index in [2.05, 4.69) is 10.3 Å². The summed E-state index contributed by atoms with van der Waals surface area (Å²) >= 11 is 12.0. The number of benzene rings is 1. The van der Waals surface area contributed by atoms with Crippen LogP contribution in [0.25, 0.3) is 0 Å². The number of carbonyl (C=O) groups excluding carboxylic acids is 1. The highest BCUT2D eigenvalue weighted by Gasteiger charge is 2.17. The van der Waals surface area contributed by atoms with Crippen molar-refractivity contribution >= 4 is 35.1 Å². The van der Waals surface area contributed by atoms with E-state index in [1.165, 1.54) is 0 Å². The topological polar surface area (TPSA) is 70.7 Å². The fourth-order valence-electron chi connectivity index (χ4n) is 2.42. The molecule has 5 nitrogen and oxygen atoms in total. The predicted molar refractivity (Wildman–Crippen MR) is 90.3 cm³/mol. The molecule has 1 saturated heterocycles. The molecule has 1 amide bonds. The van der Waals surface area contributed by atoms with E-state index in [1.54, 1.807) is 12.1 Å². The summed E-state index contributed by atoms with van der Waals surface area (Å²) in [6.07, 6.45) is 2.13. The van der Waals surface area contributed by atoms with Gasteiger partial charge in [-0.25, -0.2) is 4.99 Å². The molecule has 1 atom stereocenters. The van der Waals surface area contributed by atoms with Crippen molar-refractivity contribution in [3.63, 3.8) is 0 Å². The monoisotopic (exact) mass is 342 g/mol. The lowest BCUT2D eigenvalue weighted by molar-refractivity contribution is -0.128. The molecule has 1 unspecified atom stereocenters.